The number of carbonyl (C=O) groups is 1. The van der Waals surface area contributed by atoms with Gasteiger partial charge in [-0.2, -0.15) is 8.78 Å². The molecule has 0 unspecified atom stereocenters. The number of allylic oxidation sites excluding steroid dienone is 2. The van der Waals surface area contributed by atoms with Gasteiger partial charge in [-0.3, -0.25) is 4.79 Å². The molecular weight excluding hydrogens is 353 g/mol. The van der Waals surface area contributed by atoms with Crippen LogP contribution in [0, 0.1) is 17.7 Å². The molecule has 2 aromatic rings. The van der Waals surface area contributed by atoms with Gasteiger partial charge in [-0.1, -0.05) is 24.3 Å². The molecule has 0 saturated heterocycles. The van der Waals surface area contributed by atoms with Gasteiger partial charge in [0, 0.05) is 17.0 Å². The molecule has 1 saturated carbocycles. The lowest BCUT2D eigenvalue weighted by Gasteiger charge is -2.25. The average molecular weight is 374 g/mol. The van der Waals surface area contributed by atoms with Gasteiger partial charge >= 0.3 is 5.97 Å². The number of rotatable bonds is 4. The number of carbonyl (C=O) groups excluding carboxylic acids is 1. The molecule has 0 atom stereocenters. The van der Waals surface area contributed by atoms with E-state index in [4.69, 9.17) is 4.74 Å². The highest BCUT2D eigenvalue weighted by atomic mass is 19.3. The van der Waals surface area contributed by atoms with Crippen molar-refractivity contribution in [3.8, 4) is 5.75 Å². The van der Waals surface area contributed by atoms with Gasteiger partial charge in [-0.15, -0.1) is 0 Å². The van der Waals surface area contributed by atoms with E-state index >= 15 is 0 Å². The van der Waals surface area contributed by atoms with Gasteiger partial charge in [-0.25, -0.2) is 4.39 Å². The third-order valence-corrected chi connectivity index (χ3v) is 5.01. The Hall–Kier alpha value is -2.56. The lowest BCUT2D eigenvalue weighted by atomic mass is 9.82. The fourth-order valence-electron chi connectivity index (χ4n) is 3.60. The molecular formula is C22H21F3O2. The third-order valence-electron chi connectivity index (χ3n) is 5.01. The Kier molecular flexibility index (Phi) is 5.99. The normalized spacial score (nSPS) is 20.0. The van der Waals surface area contributed by atoms with Gasteiger partial charge in [0.1, 0.15) is 11.6 Å². The van der Waals surface area contributed by atoms with Crippen LogP contribution < -0.4 is 4.74 Å². The number of hydrogen-bond acceptors (Lipinski definition) is 2. The summed E-state index contributed by atoms with van der Waals surface area (Å²) < 4.78 is 44.6. The Morgan fingerprint density at radius 1 is 1.11 bits per heavy atom. The molecule has 27 heavy (non-hydrogen) atoms. The molecule has 0 spiro atoms. The molecule has 0 heterocycles. The molecule has 0 N–H and O–H groups in total. The highest BCUT2D eigenvalue weighted by Gasteiger charge is 2.26. The molecule has 3 rings (SSSR count). The van der Waals surface area contributed by atoms with Crippen LogP contribution in [0.1, 0.15) is 38.2 Å². The quantitative estimate of drug-likeness (QED) is 0.347. The van der Waals surface area contributed by atoms with Crippen LogP contribution in [0.25, 0.3) is 16.8 Å². The van der Waals surface area contributed by atoms with E-state index in [2.05, 4.69) is 6.08 Å². The number of halogens is 3. The number of hydrogen-bond donors (Lipinski definition) is 0. The molecule has 2 aromatic carbocycles. The smallest absolute Gasteiger partial charge is 0.314 e. The zero-order chi connectivity index (χ0) is 19.4. The van der Waals surface area contributed by atoms with Crippen LogP contribution >= 0.6 is 0 Å². The average Bonchev–Trinajstić information content (AvgIpc) is 2.64. The van der Waals surface area contributed by atoms with Gasteiger partial charge in [0.05, 0.1) is 5.92 Å². The predicted molar refractivity (Wildman–Crippen MR) is 100.0 cm³/mol. The van der Waals surface area contributed by atoms with Crippen molar-refractivity contribution in [1.29, 1.82) is 0 Å². The second-order valence-corrected chi connectivity index (χ2v) is 6.84. The molecule has 1 fully saturated rings. The number of fused-ring (bicyclic) bond motifs is 1. The van der Waals surface area contributed by atoms with Gasteiger partial charge in [0.25, 0.3) is 6.08 Å². The van der Waals surface area contributed by atoms with Crippen LogP contribution in [0.15, 0.2) is 48.6 Å². The van der Waals surface area contributed by atoms with Crippen LogP contribution in [0.5, 0.6) is 5.75 Å². The Labute approximate surface area is 156 Å². The molecule has 142 valence electrons. The second kappa shape index (κ2) is 8.42. The van der Waals surface area contributed by atoms with Crippen molar-refractivity contribution in [3.63, 3.8) is 0 Å². The number of esters is 1. The number of benzene rings is 2. The predicted octanol–water partition coefficient (Wildman–Crippen LogP) is 6.50. The third kappa shape index (κ3) is 4.59. The minimum atomic E-state index is -1.96. The van der Waals surface area contributed by atoms with Crippen molar-refractivity contribution in [1.82, 2.24) is 0 Å². The first-order valence-electron chi connectivity index (χ1n) is 9.07. The maximum atomic E-state index is 14.3. The summed E-state index contributed by atoms with van der Waals surface area (Å²) >= 11 is 0. The molecule has 2 nitrogen and oxygen atoms in total. The first kappa shape index (κ1) is 19.2. The van der Waals surface area contributed by atoms with Crippen molar-refractivity contribution in [2.45, 2.75) is 32.6 Å². The standard InChI is InChI=1S/C22H21F3O2/c1-2-3-14-4-6-15(7-5-14)22(26)27-18-10-11-19-16(12-18)8-9-17(21(19)25)13-20(23)24/h2-3,8-15H,4-7H2,1H3/b3-2+. The van der Waals surface area contributed by atoms with Crippen molar-refractivity contribution < 1.29 is 22.7 Å². The van der Waals surface area contributed by atoms with Crippen LogP contribution in [0.2, 0.25) is 0 Å². The van der Waals surface area contributed by atoms with Crippen LogP contribution in [0.3, 0.4) is 0 Å². The van der Waals surface area contributed by atoms with E-state index < -0.39 is 11.9 Å². The molecule has 0 bridgehead atoms. The van der Waals surface area contributed by atoms with E-state index in [1.165, 1.54) is 24.3 Å². The van der Waals surface area contributed by atoms with E-state index in [9.17, 15) is 18.0 Å². The summed E-state index contributed by atoms with van der Waals surface area (Å²) in [5, 5.41) is 0.697. The largest absolute Gasteiger partial charge is 0.426 e. The van der Waals surface area contributed by atoms with Gasteiger partial charge < -0.3 is 4.74 Å². The highest BCUT2D eigenvalue weighted by Crippen LogP contribution is 2.32. The van der Waals surface area contributed by atoms with Crippen molar-refractivity contribution >= 4 is 22.8 Å². The molecule has 0 aromatic heterocycles. The second-order valence-electron chi connectivity index (χ2n) is 6.84. The topological polar surface area (TPSA) is 26.3 Å². The summed E-state index contributed by atoms with van der Waals surface area (Å²) in [6.07, 6.45) is 6.28. The summed E-state index contributed by atoms with van der Waals surface area (Å²) in [6, 6.07) is 7.32. The lowest BCUT2D eigenvalue weighted by molar-refractivity contribution is -0.140. The van der Waals surface area contributed by atoms with E-state index in [-0.39, 0.29) is 22.8 Å². The summed E-state index contributed by atoms with van der Waals surface area (Å²) in [4.78, 5) is 12.4. The minimum Gasteiger partial charge on any atom is -0.426 e. The monoisotopic (exact) mass is 374 g/mol. The fourth-order valence-corrected chi connectivity index (χ4v) is 3.60. The highest BCUT2D eigenvalue weighted by molar-refractivity contribution is 5.87. The van der Waals surface area contributed by atoms with Crippen molar-refractivity contribution in [2.24, 2.45) is 11.8 Å². The van der Waals surface area contributed by atoms with E-state index in [1.807, 2.05) is 13.0 Å². The molecule has 0 radical (unpaired) electrons. The van der Waals surface area contributed by atoms with E-state index in [1.54, 1.807) is 6.07 Å². The van der Waals surface area contributed by atoms with E-state index in [0.717, 1.165) is 25.7 Å². The van der Waals surface area contributed by atoms with Crippen LogP contribution in [0.4, 0.5) is 13.2 Å². The first-order chi connectivity index (χ1) is 13.0. The molecule has 1 aliphatic carbocycles. The summed E-state index contributed by atoms with van der Waals surface area (Å²) in [6.45, 7) is 2.00. The Morgan fingerprint density at radius 2 is 1.85 bits per heavy atom. The first-order valence-corrected chi connectivity index (χ1v) is 9.07. The zero-order valence-electron chi connectivity index (χ0n) is 15.1. The summed E-state index contributed by atoms with van der Waals surface area (Å²) in [7, 11) is 0. The Bertz CT molecular complexity index is 890. The van der Waals surface area contributed by atoms with E-state index in [0.29, 0.717) is 23.1 Å². The minimum absolute atomic E-state index is 0.126. The van der Waals surface area contributed by atoms with Crippen molar-refractivity contribution in [3.05, 3.63) is 59.9 Å². The molecule has 0 amide bonds. The molecule has 0 aliphatic heterocycles. The Balaban J connectivity index is 1.72. The Morgan fingerprint density at radius 3 is 2.52 bits per heavy atom. The van der Waals surface area contributed by atoms with Crippen LogP contribution in [-0.2, 0) is 4.79 Å². The molecule has 5 heteroatoms. The van der Waals surface area contributed by atoms with Gasteiger partial charge in [0.15, 0.2) is 0 Å². The number of ether oxygens (including phenoxy) is 1. The van der Waals surface area contributed by atoms with Crippen LogP contribution in [-0.4, -0.2) is 5.97 Å². The van der Waals surface area contributed by atoms with Gasteiger partial charge in [-0.05, 0) is 62.1 Å². The summed E-state index contributed by atoms with van der Waals surface area (Å²) in [5.41, 5.74) is -0.176. The SMILES string of the molecule is C/C=C/C1CCC(C(=O)Oc2ccc3c(F)c(C=C(F)F)ccc3c2)CC1. The maximum Gasteiger partial charge on any atom is 0.314 e. The van der Waals surface area contributed by atoms with Crippen molar-refractivity contribution in [2.75, 3.05) is 0 Å². The fraction of sp³-hybridized carbons (Fsp3) is 0.318. The summed E-state index contributed by atoms with van der Waals surface area (Å²) in [5.74, 6) is -0.255. The lowest BCUT2D eigenvalue weighted by Crippen LogP contribution is -2.25. The molecule has 1 aliphatic rings. The van der Waals surface area contributed by atoms with Gasteiger partial charge in [0.2, 0.25) is 0 Å². The zero-order valence-corrected chi connectivity index (χ0v) is 15.1. The maximum absolute atomic E-state index is 14.3.